The van der Waals surface area contributed by atoms with E-state index in [-0.39, 0.29) is 6.09 Å². The highest BCUT2D eigenvalue weighted by Crippen LogP contribution is 2.19. The molecule has 0 fully saturated rings. The molecule has 0 saturated heterocycles. The highest BCUT2D eigenvalue weighted by Gasteiger charge is 2.20. The van der Waals surface area contributed by atoms with Crippen LogP contribution in [-0.4, -0.2) is 28.6 Å². The number of anilines is 1. The fourth-order valence-corrected chi connectivity index (χ4v) is 2.61. The lowest BCUT2D eigenvalue weighted by atomic mass is 10.1. The first kappa shape index (κ1) is 19.2. The number of nitrogens with one attached hydrogen (secondary N) is 1. The zero-order valence-corrected chi connectivity index (χ0v) is 16.6. The molecule has 134 valence electrons. The number of rotatable bonds is 5. The Morgan fingerprint density at radius 1 is 1.20 bits per heavy atom. The van der Waals surface area contributed by atoms with Crippen molar-refractivity contribution in [2.75, 3.05) is 12.4 Å². The fourth-order valence-electron chi connectivity index (χ4n) is 2.23. The molecule has 1 heterocycles. The maximum absolute atomic E-state index is 12.2. The summed E-state index contributed by atoms with van der Waals surface area (Å²) in [6.07, 6.45) is -0.337. The van der Waals surface area contributed by atoms with E-state index in [2.05, 4.69) is 26.2 Å². The van der Waals surface area contributed by atoms with Crippen molar-refractivity contribution >= 4 is 27.7 Å². The van der Waals surface area contributed by atoms with Crippen LogP contribution in [-0.2, 0) is 17.8 Å². The average Bonchev–Trinajstić information content (AvgIpc) is 2.52. The Labute approximate surface area is 157 Å². The van der Waals surface area contributed by atoms with Gasteiger partial charge in [-0.25, -0.2) is 9.78 Å². The zero-order chi connectivity index (χ0) is 18.4. The van der Waals surface area contributed by atoms with Gasteiger partial charge in [0.2, 0.25) is 0 Å². The van der Waals surface area contributed by atoms with Crippen molar-refractivity contribution in [1.29, 1.82) is 0 Å². The van der Waals surface area contributed by atoms with Crippen LogP contribution in [0.1, 0.15) is 32.0 Å². The Balaban J connectivity index is 2.03. The van der Waals surface area contributed by atoms with E-state index in [9.17, 15) is 4.79 Å². The van der Waals surface area contributed by atoms with Crippen LogP contribution in [0.4, 0.5) is 10.5 Å². The van der Waals surface area contributed by atoms with Crippen LogP contribution in [0.5, 0.6) is 0 Å². The lowest BCUT2D eigenvalue weighted by Gasteiger charge is -2.25. The van der Waals surface area contributed by atoms with E-state index < -0.39 is 5.60 Å². The van der Waals surface area contributed by atoms with Gasteiger partial charge in [0.15, 0.2) is 0 Å². The highest BCUT2D eigenvalue weighted by molar-refractivity contribution is 9.10. The molecule has 1 aromatic heterocycles. The number of ether oxygens (including phenoxy) is 1. The van der Waals surface area contributed by atoms with Gasteiger partial charge in [-0.3, -0.25) is 0 Å². The van der Waals surface area contributed by atoms with Gasteiger partial charge in [-0.15, -0.1) is 0 Å². The zero-order valence-electron chi connectivity index (χ0n) is 15.0. The normalized spacial score (nSPS) is 11.1. The number of carbonyl (C=O) groups excluding carboxylic acids is 1. The molecular formula is C19H24BrN3O2. The van der Waals surface area contributed by atoms with Crippen molar-refractivity contribution in [3.63, 3.8) is 0 Å². The quantitative estimate of drug-likeness (QED) is 0.724. The van der Waals surface area contributed by atoms with Crippen LogP contribution < -0.4 is 5.32 Å². The molecule has 0 aliphatic rings. The Hall–Kier alpha value is -2.08. The van der Waals surface area contributed by atoms with E-state index in [1.807, 2.05) is 63.2 Å². The number of nitrogens with zero attached hydrogens (tertiary/aromatic N) is 2. The Morgan fingerprint density at radius 3 is 2.60 bits per heavy atom. The van der Waals surface area contributed by atoms with Crippen molar-refractivity contribution in [2.45, 2.75) is 39.5 Å². The molecule has 0 radical (unpaired) electrons. The highest BCUT2D eigenvalue weighted by atomic mass is 79.9. The number of hydrogen-bond acceptors (Lipinski definition) is 4. The number of pyridine rings is 1. The van der Waals surface area contributed by atoms with Crippen LogP contribution in [0.3, 0.4) is 0 Å². The van der Waals surface area contributed by atoms with Gasteiger partial charge < -0.3 is 15.0 Å². The van der Waals surface area contributed by atoms with Crippen LogP contribution in [0.15, 0.2) is 47.1 Å². The number of carbonyl (C=O) groups is 1. The summed E-state index contributed by atoms with van der Waals surface area (Å²) < 4.78 is 6.22. The molecule has 1 amide bonds. The Kier molecular flexibility index (Phi) is 6.42. The summed E-state index contributed by atoms with van der Waals surface area (Å²) in [5.41, 5.74) is 2.42. The minimum absolute atomic E-state index is 0.337. The number of halogens is 1. The van der Waals surface area contributed by atoms with E-state index in [1.165, 1.54) is 0 Å². The molecule has 1 N–H and O–H groups in total. The minimum Gasteiger partial charge on any atom is -0.444 e. The third-order valence-corrected chi connectivity index (χ3v) is 3.80. The smallest absolute Gasteiger partial charge is 0.410 e. The predicted octanol–water partition coefficient (Wildman–Crippen LogP) is 4.82. The summed E-state index contributed by atoms with van der Waals surface area (Å²) in [5.74, 6) is 0. The molecule has 1 aromatic carbocycles. The van der Waals surface area contributed by atoms with Gasteiger partial charge in [-0.2, -0.15) is 0 Å². The van der Waals surface area contributed by atoms with Crippen molar-refractivity contribution in [3.05, 3.63) is 58.3 Å². The molecule has 0 aliphatic heterocycles. The fraction of sp³-hybridized carbons (Fsp3) is 0.368. The summed E-state index contributed by atoms with van der Waals surface area (Å²) in [5, 5.41) is 3.39. The van der Waals surface area contributed by atoms with Crippen LogP contribution in [0, 0.1) is 0 Å². The minimum atomic E-state index is -0.504. The summed E-state index contributed by atoms with van der Waals surface area (Å²) in [6.45, 7) is 6.65. The number of hydrogen-bond donors (Lipinski definition) is 1. The van der Waals surface area contributed by atoms with Gasteiger partial charge >= 0.3 is 6.09 Å². The molecule has 2 aromatic rings. The molecule has 2 rings (SSSR count). The van der Waals surface area contributed by atoms with Gasteiger partial charge in [0.1, 0.15) is 10.2 Å². The second-order valence-electron chi connectivity index (χ2n) is 6.80. The topological polar surface area (TPSA) is 54.5 Å². The third kappa shape index (κ3) is 6.38. The molecule has 5 nitrogen and oxygen atoms in total. The van der Waals surface area contributed by atoms with Gasteiger partial charge in [0.05, 0.1) is 18.8 Å². The average molecular weight is 406 g/mol. The second-order valence-corrected chi connectivity index (χ2v) is 7.61. The molecule has 0 atom stereocenters. The van der Waals surface area contributed by atoms with Gasteiger partial charge in [0, 0.05) is 12.7 Å². The van der Waals surface area contributed by atoms with E-state index in [0.717, 1.165) is 21.5 Å². The van der Waals surface area contributed by atoms with Gasteiger partial charge in [-0.05, 0) is 60.5 Å². The third-order valence-electron chi connectivity index (χ3n) is 3.36. The number of amides is 1. The second kappa shape index (κ2) is 8.34. The molecule has 0 spiro atoms. The molecule has 6 heteroatoms. The molecular weight excluding hydrogens is 382 g/mol. The van der Waals surface area contributed by atoms with E-state index in [1.54, 1.807) is 11.9 Å². The predicted molar refractivity (Wildman–Crippen MR) is 103 cm³/mol. The van der Waals surface area contributed by atoms with Gasteiger partial charge in [-0.1, -0.05) is 24.3 Å². The maximum atomic E-state index is 12.2. The Morgan fingerprint density at radius 2 is 1.92 bits per heavy atom. The molecule has 0 aliphatic carbocycles. The molecule has 0 saturated carbocycles. The van der Waals surface area contributed by atoms with Crippen LogP contribution in [0.2, 0.25) is 0 Å². The first-order chi connectivity index (χ1) is 11.7. The standard InChI is InChI=1S/C19H24BrN3O2/c1-19(2,3)25-18(24)23(4)13-14-8-5-6-10-16(14)21-12-15-9-7-11-17(20)22-15/h5-11,21H,12-13H2,1-4H3. The summed E-state index contributed by atoms with van der Waals surface area (Å²) in [7, 11) is 1.74. The number of aromatic nitrogens is 1. The van der Waals surface area contributed by atoms with E-state index in [4.69, 9.17) is 4.74 Å². The lowest BCUT2D eigenvalue weighted by molar-refractivity contribution is 0.0285. The lowest BCUT2D eigenvalue weighted by Crippen LogP contribution is -2.34. The van der Waals surface area contributed by atoms with Crippen LogP contribution >= 0.6 is 15.9 Å². The number of para-hydroxylation sites is 1. The summed E-state index contributed by atoms with van der Waals surface area (Å²) in [6, 6.07) is 13.7. The SMILES string of the molecule is CN(Cc1ccccc1NCc1cccc(Br)n1)C(=O)OC(C)(C)C. The van der Waals surface area contributed by atoms with Crippen molar-refractivity contribution in [1.82, 2.24) is 9.88 Å². The van der Waals surface area contributed by atoms with Crippen molar-refractivity contribution in [3.8, 4) is 0 Å². The molecule has 25 heavy (non-hydrogen) atoms. The first-order valence-corrected chi connectivity index (χ1v) is 8.91. The van der Waals surface area contributed by atoms with Crippen molar-refractivity contribution < 1.29 is 9.53 Å². The molecule has 0 unspecified atom stereocenters. The first-order valence-electron chi connectivity index (χ1n) is 8.12. The van der Waals surface area contributed by atoms with Crippen LogP contribution in [0.25, 0.3) is 0 Å². The van der Waals surface area contributed by atoms with E-state index in [0.29, 0.717) is 13.1 Å². The summed E-state index contributed by atoms with van der Waals surface area (Å²) >= 11 is 3.38. The van der Waals surface area contributed by atoms with Gasteiger partial charge in [0.25, 0.3) is 0 Å². The van der Waals surface area contributed by atoms with E-state index >= 15 is 0 Å². The Bertz CT molecular complexity index is 729. The monoisotopic (exact) mass is 405 g/mol. The molecule has 0 bridgehead atoms. The largest absolute Gasteiger partial charge is 0.444 e. The maximum Gasteiger partial charge on any atom is 0.410 e. The van der Waals surface area contributed by atoms with Crippen molar-refractivity contribution in [2.24, 2.45) is 0 Å². The summed E-state index contributed by atoms with van der Waals surface area (Å²) in [4.78, 5) is 18.1. The number of benzene rings is 1.